The van der Waals surface area contributed by atoms with Crippen LogP contribution in [0.1, 0.15) is 24.4 Å². The van der Waals surface area contributed by atoms with Crippen molar-refractivity contribution in [1.82, 2.24) is 10.2 Å². The van der Waals surface area contributed by atoms with Crippen molar-refractivity contribution in [2.75, 3.05) is 32.1 Å². The monoisotopic (exact) mass is 407 g/mol. The highest BCUT2D eigenvalue weighted by Crippen LogP contribution is 2.26. The summed E-state index contributed by atoms with van der Waals surface area (Å²) in [5, 5.41) is 6.88. The maximum atomic E-state index is 13.3. The first-order valence-corrected chi connectivity index (χ1v) is 9.73. The third kappa shape index (κ3) is 5.31. The number of anilines is 1. The number of hydrogen-bond acceptors (Lipinski definition) is 3. The van der Waals surface area contributed by atoms with E-state index >= 15 is 0 Å². The van der Waals surface area contributed by atoms with Gasteiger partial charge in [0.15, 0.2) is 5.11 Å². The van der Waals surface area contributed by atoms with Crippen LogP contribution < -0.4 is 15.4 Å². The number of halogens is 2. The summed E-state index contributed by atoms with van der Waals surface area (Å²) in [5.74, 6) is 0.395. The Morgan fingerprint density at radius 1 is 1.22 bits per heavy atom. The number of benzene rings is 2. The summed E-state index contributed by atoms with van der Waals surface area (Å²) in [6.45, 7) is 2.82. The van der Waals surface area contributed by atoms with Crippen LogP contribution in [0.3, 0.4) is 0 Å². The summed E-state index contributed by atoms with van der Waals surface area (Å²) in [4.78, 5) is 2.46. The zero-order chi connectivity index (χ0) is 19.2. The van der Waals surface area contributed by atoms with Crippen LogP contribution in [0, 0.1) is 5.82 Å². The molecule has 27 heavy (non-hydrogen) atoms. The van der Waals surface area contributed by atoms with Gasteiger partial charge >= 0.3 is 0 Å². The second-order valence-electron chi connectivity index (χ2n) is 6.50. The van der Waals surface area contributed by atoms with Gasteiger partial charge in [-0.2, -0.15) is 0 Å². The largest absolute Gasteiger partial charge is 0.497 e. The predicted molar refractivity (Wildman–Crippen MR) is 112 cm³/mol. The van der Waals surface area contributed by atoms with Gasteiger partial charge in [0.25, 0.3) is 0 Å². The first-order valence-electron chi connectivity index (χ1n) is 8.94. The normalized spacial score (nSPS) is 15.4. The lowest BCUT2D eigenvalue weighted by Gasteiger charge is -2.29. The Labute approximate surface area is 169 Å². The van der Waals surface area contributed by atoms with E-state index in [1.165, 1.54) is 30.5 Å². The van der Waals surface area contributed by atoms with Gasteiger partial charge in [0.1, 0.15) is 11.6 Å². The number of hydrogen-bond donors (Lipinski definition) is 2. The summed E-state index contributed by atoms with van der Waals surface area (Å²) in [7, 11) is 1.67. The van der Waals surface area contributed by atoms with Gasteiger partial charge in [-0.15, -0.1) is 0 Å². The highest BCUT2D eigenvalue weighted by Gasteiger charge is 2.23. The molecule has 1 aliphatic heterocycles. The van der Waals surface area contributed by atoms with E-state index in [0.29, 0.717) is 17.3 Å². The molecule has 0 radical (unpaired) electrons. The number of ether oxygens (including phenoxy) is 1. The number of thiocarbonyl (C=S) groups is 1. The van der Waals surface area contributed by atoms with Crippen LogP contribution in [0.5, 0.6) is 5.75 Å². The van der Waals surface area contributed by atoms with Gasteiger partial charge in [-0.25, -0.2) is 4.39 Å². The fourth-order valence-corrected chi connectivity index (χ4v) is 3.66. The van der Waals surface area contributed by atoms with Crippen LogP contribution in [0.15, 0.2) is 42.5 Å². The third-order valence-electron chi connectivity index (χ3n) is 4.72. The molecule has 7 heteroatoms. The van der Waals surface area contributed by atoms with Crippen molar-refractivity contribution in [3.8, 4) is 5.75 Å². The Morgan fingerprint density at radius 3 is 2.56 bits per heavy atom. The number of nitrogens with one attached hydrogen (secondary N) is 2. The van der Waals surface area contributed by atoms with Gasteiger partial charge in [0.2, 0.25) is 0 Å². The fourth-order valence-electron chi connectivity index (χ4n) is 3.28. The fraction of sp³-hybridized carbons (Fsp3) is 0.350. The van der Waals surface area contributed by atoms with Crippen LogP contribution in [0.4, 0.5) is 10.1 Å². The van der Waals surface area contributed by atoms with E-state index in [9.17, 15) is 4.39 Å². The highest BCUT2D eigenvalue weighted by atomic mass is 35.5. The Hall–Kier alpha value is -1.89. The molecule has 1 atom stereocenters. The Kier molecular flexibility index (Phi) is 6.88. The van der Waals surface area contributed by atoms with E-state index in [1.807, 2.05) is 12.1 Å². The van der Waals surface area contributed by atoms with E-state index < -0.39 is 5.82 Å². The zero-order valence-corrected chi connectivity index (χ0v) is 16.7. The molecule has 0 amide bonds. The molecule has 0 aromatic heterocycles. The number of likely N-dealkylation sites (tertiary alicyclic amines) is 1. The molecule has 3 rings (SSSR count). The molecule has 1 fully saturated rings. The Bertz CT molecular complexity index is 781. The smallest absolute Gasteiger partial charge is 0.170 e. The summed E-state index contributed by atoms with van der Waals surface area (Å²) < 4.78 is 18.5. The molecule has 0 spiro atoms. The molecule has 0 unspecified atom stereocenters. The number of methoxy groups -OCH3 is 1. The van der Waals surface area contributed by atoms with Crippen LogP contribution in [0.25, 0.3) is 0 Å². The van der Waals surface area contributed by atoms with Gasteiger partial charge in [-0.1, -0.05) is 23.7 Å². The Morgan fingerprint density at radius 2 is 1.93 bits per heavy atom. The standard InChI is InChI=1S/C20H23ClFN3OS/c1-26-16-7-4-14(5-8-16)19(25-10-2-3-11-25)13-23-20(27)24-15-6-9-18(22)17(21)12-15/h4-9,12,19H,2-3,10-11,13H2,1H3,(H2,23,24,27)/t19-/m1/s1. The molecule has 1 aliphatic rings. The van der Waals surface area contributed by atoms with Crippen molar-refractivity contribution < 1.29 is 9.13 Å². The van der Waals surface area contributed by atoms with Crippen LogP contribution in [-0.2, 0) is 0 Å². The van der Waals surface area contributed by atoms with E-state index in [2.05, 4.69) is 27.7 Å². The van der Waals surface area contributed by atoms with Crippen LogP contribution in [0.2, 0.25) is 5.02 Å². The molecule has 2 N–H and O–H groups in total. The molecule has 144 valence electrons. The molecular weight excluding hydrogens is 385 g/mol. The lowest BCUT2D eigenvalue weighted by Crippen LogP contribution is -2.38. The molecule has 1 saturated heterocycles. The van der Waals surface area contributed by atoms with Crippen molar-refractivity contribution in [2.45, 2.75) is 18.9 Å². The van der Waals surface area contributed by atoms with E-state index in [4.69, 9.17) is 28.6 Å². The summed E-state index contributed by atoms with van der Waals surface area (Å²) in [6, 6.07) is 12.8. The summed E-state index contributed by atoms with van der Waals surface area (Å²) >= 11 is 11.2. The first-order chi connectivity index (χ1) is 13.1. The molecule has 4 nitrogen and oxygen atoms in total. The molecule has 1 heterocycles. The predicted octanol–water partition coefficient (Wildman–Crippen LogP) is 4.61. The minimum Gasteiger partial charge on any atom is -0.497 e. The molecular formula is C20H23ClFN3OS. The molecule has 0 saturated carbocycles. The van der Waals surface area contributed by atoms with Gasteiger partial charge in [-0.05, 0) is 74.0 Å². The van der Waals surface area contributed by atoms with Crippen LogP contribution in [-0.4, -0.2) is 36.8 Å². The maximum Gasteiger partial charge on any atom is 0.170 e. The lowest BCUT2D eigenvalue weighted by atomic mass is 10.1. The maximum absolute atomic E-state index is 13.3. The summed E-state index contributed by atoms with van der Waals surface area (Å²) in [5.41, 5.74) is 1.87. The van der Waals surface area contributed by atoms with Gasteiger partial charge in [0.05, 0.1) is 18.2 Å². The number of nitrogens with zero attached hydrogens (tertiary/aromatic N) is 1. The SMILES string of the molecule is COc1ccc([C@@H](CNC(=S)Nc2ccc(F)c(Cl)c2)N2CCCC2)cc1. The third-order valence-corrected chi connectivity index (χ3v) is 5.25. The topological polar surface area (TPSA) is 36.5 Å². The van der Waals surface area contributed by atoms with Gasteiger partial charge in [-0.3, -0.25) is 4.90 Å². The van der Waals surface area contributed by atoms with E-state index in [1.54, 1.807) is 13.2 Å². The van der Waals surface area contributed by atoms with E-state index in [-0.39, 0.29) is 11.1 Å². The average molecular weight is 408 g/mol. The highest BCUT2D eigenvalue weighted by molar-refractivity contribution is 7.80. The lowest BCUT2D eigenvalue weighted by molar-refractivity contribution is 0.246. The quantitative estimate of drug-likeness (QED) is 0.684. The van der Waals surface area contributed by atoms with Crippen LogP contribution >= 0.6 is 23.8 Å². The van der Waals surface area contributed by atoms with Crippen molar-refractivity contribution in [3.05, 3.63) is 58.9 Å². The van der Waals surface area contributed by atoms with Crippen molar-refractivity contribution >= 4 is 34.6 Å². The molecule has 0 aliphatic carbocycles. The Balaban J connectivity index is 1.64. The van der Waals surface area contributed by atoms with Crippen molar-refractivity contribution in [1.29, 1.82) is 0 Å². The van der Waals surface area contributed by atoms with Crippen molar-refractivity contribution in [2.24, 2.45) is 0 Å². The zero-order valence-electron chi connectivity index (χ0n) is 15.2. The molecule has 2 aromatic rings. The molecule has 0 bridgehead atoms. The summed E-state index contributed by atoms with van der Waals surface area (Å²) in [6.07, 6.45) is 2.42. The van der Waals surface area contributed by atoms with Gasteiger partial charge in [0, 0.05) is 12.2 Å². The minimum atomic E-state index is -0.449. The minimum absolute atomic E-state index is 0.0657. The first kappa shape index (κ1) is 19.9. The van der Waals surface area contributed by atoms with E-state index in [0.717, 1.165) is 18.8 Å². The second kappa shape index (κ2) is 9.35. The average Bonchev–Trinajstić information content (AvgIpc) is 3.20. The van der Waals surface area contributed by atoms with Gasteiger partial charge < -0.3 is 15.4 Å². The molecule has 2 aromatic carbocycles. The van der Waals surface area contributed by atoms with Crippen molar-refractivity contribution in [3.63, 3.8) is 0 Å². The number of rotatable bonds is 6. The second-order valence-corrected chi connectivity index (χ2v) is 7.31.